The van der Waals surface area contributed by atoms with Crippen LogP contribution in [0.1, 0.15) is 23.6 Å². The van der Waals surface area contributed by atoms with Crippen molar-refractivity contribution >= 4 is 68.1 Å². The van der Waals surface area contributed by atoms with Crippen molar-refractivity contribution < 1.29 is 28.7 Å². The van der Waals surface area contributed by atoms with Crippen molar-refractivity contribution in [2.75, 3.05) is 30.4 Å². The van der Waals surface area contributed by atoms with E-state index in [0.717, 1.165) is 27.8 Å². The van der Waals surface area contributed by atoms with Crippen LogP contribution in [0, 0.1) is 13.8 Å². The second-order valence-corrected chi connectivity index (χ2v) is 11.0. The number of anilines is 2. The summed E-state index contributed by atoms with van der Waals surface area (Å²) in [7, 11) is 0. The first kappa shape index (κ1) is 29.9. The lowest BCUT2D eigenvalue weighted by Crippen LogP contribution is -2.36. The number of nitrogens with zero attached hydrogens (tertiary/aromatic N) is 1. The molecule has 1 fully saturated rings. The molecule has 1 saturated heterocycles. The number of halogens is 1. The lowest BCUT2D eigenvalue weighted by molar-refractivity contribution is -0.127. The first-order valence-corrected chi connectivity index (χ1v) is 14.3. The fourth-order valence-corrected chi connectivity index (χ4v) is 5.31. The molecule has 0 aliphatic carbocycles. The average Bonchev–Trinajstić information content (AvgIpc) is 3.17. The molecule has 0 unspecified atom stereocenters. The highest BCUT2D eigenvalue weighted by molar-refractivity contribution is 9.10. The van der Waals surface area contributed by atoms with Gasteiger partial charge < -0.3 is 20.1 Å². The van der Waals surface area contributed by atoms with E-state index in [1.165, 1.54) is 0 Å². The second-order valence-electron chi connectivity index (χ2n) is 9.15. The fraction of sp³-hybridized carbons (Fsp3) is 0.200. The Morgan fingerprint density at radius 2 is 1.66 bits per heavy atom. The van der Waals surface area contributed by atoms with E-state index in [-0.39, 0.29) is 17.4 Å². The maximum atomic E-state index is 13.0. The minimum atomic E-state index is -0.568. The van der Waals surface area contributed by atoms with Gasteiger partial charge in [-0.25, -0.2) is 0 Å². The van der Waals surface area contributed by atoms with Crippen LogP contribution in [-0.2, 0) is 14.4 Å². The van der Waals surface area contributed by atoms with Crippen LogP contribution in [0.5, 0.6) is 11.5 Å². The van der Waals surface area contributed by atoms with E-state index in [9.17, 15) is 19.2 Å². The van der Waals surface area contributed by atoms with Crippen LogP contribution < -0.4 is 20.1 Å². The van der Waals surface area contributed by atoms with E-state index in [4.69, 9.17) is 9.47 Å². The van der Waals surface area contributed by atoms with Crippen LogP contribution in [-0.4, -0.2) is 47.6 Å². The van der Waals surface area contributed by atoms with Gasteiger partial charge in [0.1, 0.15) is 6.54 Å². The summed E-state index contributed by atoms with van der Waals surface area (Å²) in [5.41, 5.74) is 3.85. The highest BCUT2D eigenvalue weighted by atomic mass is 79.9. The van der Waals surface area contributed by atoms with Crippen molar-refractivity contribution in [3.63, 3.8) is 0 Å². The summed E-state index contributed by atoms with van der Waals surface area (Å²) in [6.07, 6.45) is 1.55. The maximum absolute atomic E-state index is 13.0. The lowest BCUT2D eigenvalue weighted by Gasteiger charge is -2.15. The third kappa shape index (κ3) is 7.99. The van der Waals surface area contributed by atoms with Gasteiger partial charge in [0.15, 0.2) is 18.1 Å². The number of amides is 4. The van der Waals surface area contributed by atoms with E-state index in [2.05, 4.69) is 26.6 Å². The van der Waals surface area contributed by atoms with Crippen LogP contribution in [0.3, 0.4) is 0 Å². The normalized spacial score (nSPS) is 13.9. The zero-order valence-electron chi connectivity index (χ0n) is 22.7. The van der Waals surface area contributed by atoms with Crippen molar-refractivity contribution in [1.29, 1.82) is 0 Å². The Bertz CT molecular complexity index is 1520. The predicted molar refractivity (Wildman–Crippen MR) is 163 cm³/mol. The van der Waals surface area contributed by atoms with Crippen molar-refractivity contribution in [2.45, 2.75) is 20.8 Å². The smallest absolute Gasteiger partial charge is 0.294 e. The molecule has 9 nitrogen and oxygen atoms in total. The summed E-state index contributed by atoms with van der Waals surface area (Å²) in [6.45, 7) is 5.34. The van der Waals surface area contributed by atoms with E-state index < -0.39 is 23.6 Å². The number of carbonyl (C=O) groups is 4. The number of rotatable bonds is 10. The molecule has 212 valence electrons. The summed E-state index contributed by atoms with van der Waals surface area (Å²) in [4.78, 5) is 51.6. The van der Waals surface area contributed by atoms with Crippen LogP contribution in [0.4, 0.5) is 16.2 Å². The number of imide groups is 1. The Morgan fingerprint density at radius 3 is 2.37 bits per heavy atom. The summed E-state index contributed by atoms with van der Waals surface area (Å²) < 4.78 is 12.0. The molecule has 1 heterocycles. The number of aryl methyl sites for hydroxylation is 2. The number of thioether (sulfide) groups is 1. The van der Waals surface area contributed by atoms with E-state index in [0.29, 0.717) is 39.5 Å². The number of carbonyl (C=O) groups excluding carboxylic acids is 4. The highest BCUT2D eigenvalue weighted by Crippen LogP contribution is 2.39. The van der Waals surface area contributed by atoms with Gasteiger partial charge in [-0.2, -0.15) is 0 Å². The molecule has 0 radical (unpaired) electrons. The predicted octanol–water partition coefficient (Wildman–Crippen LogP) is 6.16. The molecule has 0 bridgehead atoms. The lowest BCUT2D eigenvalue weighted by atomic mass is 10.2. The van der Waals surface area contributed by atoms with E-state index in [1.807, 2.05) is 51.1 Å². The molecule has 0 saturated carbocycles. The van der Waals surface area contributed by atoms with Gasteiger partial charge in [0.05, 0.1) is 16.0 Å². The SMILES string of the molecule is CCOc1cc(/C=C2\SC(=O)N(CC(=O)Nc3cccc(C)c3)C2=O)cc(Br)c1OCC(=O)Nc1ccc(C)cc1. The molecule has 1 aliphatic heterocycles. The van der Waals surface area contributed by atoms with Crippen molar-refractivity contribution in [3.8, 4) is 11.5 Å². The molecule has 3 aromatic carbocycles. The maximum Gasteiger partial charge on any atom is 0.294 e. The Labute approximate surface area is 250 Å². The number of benzene rings is 3. The number of hydrogen-bond acceptors (Lipinski definition) is 7. The third-order valence-corrected chi connectivity index (χ3v) is 7.29. The van der Waals surface area contributed by atoms with Gasteiger partial charge in [0, 0.05) is 11.4 Å². The molecule has 4 rings (SSSR count). The van der Waals surface area contributed by atoms with Crippen LogP contribution in [0.15, 0.2) is 70.0 Å². The first-order valence-electron chi connectivity index (χ1n) is 12.7. The van der Waals surface area contributed by atoms with Crippen LogP contribution in [0.2, 0.25) is 0 Å². The monoisotopic (exact) mass is 637 g/mol. The van der Waals surface area contributed by atoms with Gasteiger partial charge in [-0.3, -0.25) is 24.1 Å². The molecular weight excluding hydrogens is 610 g/mol. The van der Waals surface area contributed by atoms with Crippen molar-refractivity contribution in [2.24, 2.45) is 0 Å². The average molecular weight is 639 g/mol. The standard InChI is InChI=1S/C30H28BrN3O6S/c1-4-39-24-14-20(13-23(31)28(24)40-17-27(36)32-21-10-8-18(2)9-11-21)15-25-29(37)34(30(38)41-25)16-26(35)33-22-7-5-6-19(3)12-22/h5-15H,4,16-17H2,1-3H3,(H,32,36)(H,33,35)/b25-15-. The number of nitrogens with one attached hydrogen (secondary N) is 2. The largest absolute Gasteiger partial charge is 0.490 e. The van der Waals surface area contributed by atoms with Gasteiger partial charge in [0.25, 0.3) is 17.1 Å². The van der Waals surface area contributed by atoms with E-state index in [1.54, 1.807) is 36.4 Å². The van der Waals surface area contributed by atoms with Gasteiger partial charge >= 0.3 is 0 Å². The van der Waals surface area contributed by atoms with Crippen molar-refractivity contribution in [1.82, 2.24) is 4.90 Å². The second kappa shape index (κ2) is 13.5. The fourth-order valence-electron chi connectivity index (χ4n) is 3.90. The molecular formula is C30H28BrN3O6S. The Kier molecular flexibility index (Phi) is 9.85. The molecule has 4 amide bonds. The van der Waals surface area contributed by atoms with Gasteiger partial charge in [-0.15, -0.1) is 0 Å². The number of hydrogen-bond donors (Lipinski definition) is 2. The summed E-state index contributed by atoms with van der Waals surface area (Å²) in [6, 6.07) is 18.0. The third-order valence-electron chi connectivity index (χ3n) is 5.79. The summed E-state index contributed by atoms with van der Waals surface area (Å²) in [5.74, 6) is -0.709. The quantitative estimate of drug-likeness (QED) is 0.256. The summed E-state index contributed by atoms with van der Waals surface area (Å²) in [5, 5.41) is 4.95. The van der Waals surface area contributed by atoms with Crippen LogP contribution >= 0.6 is 27.7 Å². The molecule has 0 aromatic heterocycles. The molecule has 2 N–H and O–H groups in total. The first-order chi connectivity index (χ1) is 19.6. The molecule has 0 atom stereocenters. The molecule has 1 aliphatic rings. The van der Waals surface area contributed by atoms with Crippen LogP contribution in [0.25, 0.3) is 6.08 Å². The zero-order chi connectivity index (χ0) is 29.5. The topological polar surface area (TPSA) is 114 Å². The van der Waals surface area contributed by atoms with Gasteiger partial charge in [0.2, 0.25) is 5.91 Å². The molecule has 0 spiro atoms. The highest BCUT2D eigenvalue weighted by Gasteiger charge is 2.36. The summed E-state index contributed by atoms with van der Waals surface area (Å²) >= 11 is 4.21. The molecule has 11 heteroatoms. The van der Waals surface area contributed by atoms with Crippen molar-refractivity contribution in [3.05, 3.63) is 86.7 Å². The molecule has 3 aromatic rings. The minimum absolute atomic E-state index is 0.166. The Hall–Kier alpha value is -4.09. The minimum Gasteiger partial charge on any atom is -0.490 e. The Morgan fingerprint density at radius 1 is 0.927 bits per heavy atom. The number of ether oxygens (including phenoxy) is 2. The molecule has 41 heavy (non-hydrogen) atoms. The Balaban J connectivity index is 1.44. The van der Waals surface area contributed by atoms with E-state index >= 15 is 0 Å². The van der Waals surface area contributed by atoms with Gasteiger partial charge in [-0.1, -0.05) is 29.8 Å². The van der Waals surface area contributed by atoms with Gasteiger partial charge in [-0.05, 0) is 102 Å². The zero-order valence-corrected chi connectivity index (χ0v) is 25.1.